The lowest BCUT2D eigenvalue weighted by molar-refractivity contribution is -0.120. The Hall–Kier alpha value is -3.66. The van der Waals surface area contributed by atoms with E-state index in [1.54, 1.807) is 0 Å². The molecule has 0 spiro atoms. The maximum absolute atomic E-state index is 13.2. The van der Waals surface area contributed by atoms with E-state index in [1.807, 2.05) is 0 Å². The van der Waals surface area contributed by atoms with E-state index in [4.69, 9.17) is 0 Å². The van der Waals surface area contributed by atoms with Gasteiger partial charge in [-0.05, 0) is 62.4 Å². The number of halogens is 2. The summed E-state index contributed by atoms with van der Waals surface area (Å²) in [7, 11) is 0. The van der Waals surface area contributed by atoms with E-state index < -0.39 is 35.0 Å². The van der Waals surface area contributed by atoms with Crippen LogP contribution >= 0.6 is 11.3 Å². The molecule has 2 aromatic carbocycles. The van der Waals surface area contributed by atoms with Crippen molar-refractivity contribution in [2.45, 2.75) is 19.4 Å². The number of aromatic nitrogens is 1. The van der Waals surface area contributed by atoms with Crippen molar-refractivity contribution < 1.29 is 28.3 Å². The van der Waals surface area contributed by atoms with Gasteiger partial charge in [0.25, 0.3) is 11.8 Å². The molecule has 0 saturated heterocycles. The number of thiazole rings is 1. The van der Waals surface area contributed by atoms with Gasteiger partial charge in [-0.1, -0.05) is 11.3 Å². The molecule has 160 valence electrons. The lowest BCUT2D eigenvalue weighted by atomic mass is 10.0. The van der Waals surface area contributed by atoms with Gasteiger partial charge < -0.3 is 10.4 Å². The molecule has 0 aliphatic heterocycles. The van der Waals surface area contributed by atoms with E-state index >= 15 is 0 Å². The maximum atomic E-state index is 13.2. The Labute approximate surface area is 179 Å². The first-order valence-electron chi connectivity index (χ1n) is 8.96. The fourth-order valence-corrected chi connectivity index (χ4v) is 3.41. The molecule has 3 N–H and O–H groups in total. The Kier molecular flexibility index (Phi) is 6.11. The van der Waals surface area contributed by atoms with Crippen LogP contribution in [0.5, 0.6) is 0 Å². The summed E-state index contributed by atoms with van der Waals surface area (Å²) in [5, 5.41) is 14.5. The van der Waals surface area contributed by atoms with Gasteiger partial charge in [-0.15, -0.1) is 0 Å². The van der Waals surface area contributed by atoms with Crippen molar-refractivity contribution >= 4 is 34.3 Å². The van der Waals surface area contributed by atoms with E-state index in [0.29, 0.717) is 5.56 Å². The number of hydrogen-bond acceptors (Lipinski definition) is 5. The van der Waals surface area contributed by atoms with E-state index in [2.05, 4.69) is 15.6 Å². The molecule has 3 aromatic rings. The summed E-state index contributed by atoms with van der Waals surface area (Å²) in [5.74, 6) is -3.45. The van der Waals surface area contributed by atoms with Crippen LogP contribution in [0.3, 0.4) is 0 Å². The van der Waals surface area contributed by atoms with Crippen molar-refractivity contribution in [2.24, 2.45) is 0 Å². The van der Waals surface area contributed by atoms with Crippen molar-refractivity contribution in [1.82, 2.24) is 10.3 Å². The number of nitrogens with zero attached hydrogens (tertiary/aromatic N) is 1. The van der Waals surface area contributed by atoms with Crippen molar-refractivity contribution in [3.05, 3.63) is 70.6 Å². The summed E-state index contributed by atoms with van der Waals surface area (Å²) in [6.07, 6.45) is 0. The normalized spacial score (nSPS) is 11.1. The first kappa shape index (κ1) is 22.0. The van der Waals surface area contributed by atoms with Crippen LogP contribution < -0.4 is 10.6 Å². The van der Waals surface area contributed by atoms with Crippen LogP contribution in [0, 0.1) is 11.6 Å². The monoisotopic (exact) mass is 445 g/mol. The molecule has 2 amide bonds. The van der Waals surface area contributed by atoms with Gasteiger partial charge in [0.1, 0.15) is 22.1 Å². The molecule has 0 bridgehead atoms. The van der Waals surface area contributed by atoms with Gasteiger partial charge in [0.15, 0.2) is 5.13 Å². The fraction of sp³-hybridized carbons (Fsp3) is 0.143. The summed E-state index contributed by atoms with van der Waals surface area (Å²) in [6.45, 7) is 2.91. The highest BCUT2D eigenvalue weighted by Gasteiger charge is 2.31. The number of carbonyl (C=O) groups is 3. The van der Waals surface area contributed by atoms with Crippen molar-refractivity contribution in [3.63, 3.8) is 0 Å². The third kappa shape index (κ3) is 5.10. The van der Waals surface area contributed by atoms with Crippen LogP contribution in [0.15, 0.2) is 48.5 Å². The molecule has 1 aromatic heterocycles. The molecule has 3 rings (SSSR count). The van der Waals surface area contributed by atoms with Crippen LogP contribution in [0.1, 0.15) is 33.9 Å². The fourth-order valence-electron chi connectivity index (χ4n) is 2.59. The largest absolute Gasteiger partial charge is 0.477 e. The van der Waals surface area contributed by atoms with Crippen molar-refractivity contribution in [1.29, 1.82) is 0 Å². The molecular formula is C21H17F2N3O4S. The smallest absolute Gasteiger partial charge is 0.348 e. The Morgan fingerprint density at radius 1 is 0.968 bits per heavy atom. The molecule has 0 radical (unpaired) electrons. The maximum Gasteiger partial charge on any atom is 0.348 e. The lowest BCUT2D eigenvalue weighted by Crippen LogP contribution is -2.52. The number of hydrogen-bond donors (Lipinski definition) is 3. The summed E-state index contributed by atoms with van der Waals surface area (Å²) in [6, 6.07) is 9.94. The van der Waals surface area contributed by atoms with Crippen LogP contribution in [-0.2, 0) is 4.79 Å². The van der Waals surface area contributed by atoms with Gasteiger partial charge in [0, 0.05) is 11.1 Å². The van der Waals surface area contributed by atoms with Gasteiger partial charge in [-0.25, -0.2) is 18.6 Å². The number of nitrogens with one attached hydrogen (secondary N) is 2. The molecule has 1 heterocycles. The molecule has 0 aliphatic rings. The number of rotatable bonds is 6. The van der Waals surface area contributed by atoms with E-state index in [0.717, 1.165) is 23.5 Å². The van der Waals surface area contributed by atoms with Crippen molar-refractivity contribution in [3.8, 4) is 11.3 Å². The molecule has 7 nitrogen and oxygen atoms in total. The second-order valence-corrected chi connectivity index (χ2v) is 8.05. The standard InChI is InChI=1S/C21H17F2N3O4S/c1-21(2,26-17(27)12-5-9-14(23)10-6-12)19(30)25-20-24-15(16(31-20)18(28)29)11-3-7-13(22)8-4-11/h3-10H,1-2H3,(H,26,27)(H,28,29)(H,24,25,30). The minimum absolute atomic E-state index is 0.00540. The van der Waals surface area contributed by atoms with Crippen LogP contribution in [0.4, 0.5) is 13.9 Å². The van der Waals surface area contributed by atoms with Gasteiger partial charge in [-0.2, -0.15) is 0 Å². The Morgan fingerprint density at radius 3 is 2.06 bits per heavy atom. The highest BCUT2D eigenvalue weighted by molar-refractivity contribution is 7.18. The number of anilines is 1. The molecule has 0 fully saturated rings. The SMILES string of the molecule is CC(C)(NC(=O)c1ccc(F)cc1)C(=O)Nc1nc(-c2ccc(F)cc2)c(C(=O)O)s1. The highest BCUT2D eigenvalue weighted by atomic mass is 32.1. The second-order valence-electron chi connectivity index (χ2n) is 7.05. The first-order chi connectivity index (χ1) is 14.6. The topological polar surface area (TPSA) is 108 Å². The average molecular weight is 445 g/mol. The quantitative estimate of drug-likeness (QED) is 0.533. The molecular weight excluding hydrogens is 428 g/mol. The second kappa shape index (κ2) is 8.60. The predicted octanol–water partition coefficient (Wildman–Crippen LogP) is 3.93. The van der Waals surface area contributed by atoms with Gasteiger partial charge in [-0.3, -0.25) is 14.9 Å². The van der Waals surface area contributed by atoms with Gasteiger partial charge in [0.05, 0.1) is 5.69 Å². The van der Waals surface area contributed by atoms with Crippen LogP contribution in [0.2, 0.25) is 0 Å². The Balaban J connectivity index is 1.79. The number of carboxylic acid groups (broad SMARTS) is 1. The number of carbonyl (C=O) groups excluding carboxylic acids is 2. The van der Waals surface area contributed by atoms with Crippen LogP contribution in [0.25, 0.3) is 11.3 Å². The highest BCUT2D eigenvalue weighted by Crippen LogP contribution is 2.31. The van der Waals surface area contributed by atoms with E-state index in [1.165, 1.54) is 50.2 Å². The van der Waals surface area contributed by atoms with Crippen LogP contribution in [-0.4, -0.2) is 33.4 Å². The molecule has 10 heteroatoms. The molecule has 31 heavy (non-hydrogen) atoms. The van der Waals surface area contributed by atoms with Crippen molar-refractivity contribution in [2.75, 3.05) is 5.32 Å². The molecule has 0 aliphatic carbocycles. The summed E-state index contributed by atoms with van der Waals surface area (Å²) < 4.78 is 26.2. The van der Waals surface area contributed by atoms with Gasteiger partial charge in [0.2, 0.25) is 0 Å². The summed E-state index contributed by atoms with van der Waals surface area (Å²) >= 11 is 0.737. The summed E-state index contributed by atoms with van der Waals surface area (Å²) in [4.78, 5) is 40.7. The minimum Gasteiger partial charge on any atom is -0.477 e. The minimum atomic E-state index is -1.39. The Morgan fingerprint density at radius 2 is 1.52 bits per heavy atom. The lowest BCUT2D eigenvalue weighted by Gasteiger charge is -2.24. The zero-order valence-electron chi connectivity index (χ0n) is 16.4. The zero-order chi connectivity index (χ0) is 22.8. The zero-order valence-corrected chi connectivity index (χ0v) is 17.2. The molecule has 0 saturated carbocycles. The number of amides is 2. The number of carboxylic acids is 1. The first-order valence-corrected chi connectivity index (χ1v) is 9.78. The molecule has 0 atom stereocenters. The molecule has 0 unspecified atom stereocenters. The van der Waals surface area contributed by atoms with E-state index in [-0.39, 0.29) is 21.3 Å². The third-order valence-corrected chi connectivity index (χ3v) is 5.22. The third-order valence-electron chi connectivity index (χ3n) is 4.26. The van der Waals surface area contributed by atoms with Gasteiger partial charge >= 0.3 is 5.97 Å². The Bertz CT molecular complexity index is 1140. The van der Waals surface area contributed by atoms with E-state index in [9.17, 15) is 28.3 Å². The summed E-state index contributed by atoms with van der Waals surface area (Å²) in [5.41, 5.74) is -0.764. The number of benzene rings is 2. The number of aromatic carboxylic acids is 1. The predicted molar refractivity (Wildman–Crippen MR) is 111 cm³/mol. The average Bonchev–Trinajstić information content (AvgIpc) is 3.12.